The molecule has 0 bridgehead atoms. The van der Waals surface area contributed by atoms with Crippen molar-refractivity contribution >= 4 is 57.0 Å². The van der Waals surface area contributed by atoms with Crippen molar-refractivity contribution in [3.05, 3.63) is 191 Å². The molecule has 2 nitrogen and oxygen atoms in total. The molecule has 0 N–H and O–H groups in total. The molecule has 0 atom stereocenters. The monoisotopic (exact) mass is 704 g/mol. The highest BCUT2D eigenvalue weighted by Crippen LogP contribution is 2.41. The number of nitrogens with zero attached hydrogens (tertiary/aromatic N) is 2. The molecule has 270 valence electrons. The van der Waals surface area contributed by atoms with Gasteiger partial charge >= 0.3 is 0 Å². The zero-order valence-electron chi connectivity index (χ0n) is 32.6. The van der Waals surface area contributed by atoms with E-state index < -0.39 is 0 Å². The molecule has 2 heteroatoms. The molecule has 0 saturated heterocycles. The zero-order valence-corrected chi connectivity index (χ0v) is 32.6. The molecule has 0 aliphatic carbocycles. The van der Waals surface area contributed by atoms with Gasteiger partial charge in [0.1, 0.15) is 0 Å². The molecule has 0 amide bonds. The highest BCUT2D eigenvalue weighted by atomic mass is 15.1. The fourth-order valence-corrected chi connectivity index (χ4v) is 7.22. The van der Waals surface area contributed by atoms with Crippen LogP contribution in [0.4, 0.5) is 34.1 Å². The fraction of sp³-hybridized carbons (Fsp3) is 0.192. The van der Waals surface area contributed by atoms with Crippen LogP contribution >= 0.6 is 0 Å². The van der Waals surface area contributed by atoms with Crippen molar-refractivity contribution in [2.24, 2.45) is 0 Å². The fourth-order valence-electron chi connectivity index (χ4n) is 7.22. The van der Waals surface area contributed by atoms with Gasteiger partial charge in [-0.15, -0.1) is 0 Å². The van der Waals surface area contributed by atoms with Gasteiger partial charge in [-0.2, -0.15) is 0 Å². The molecule has 7 aromatic carbocycles. The van der Waals surface area contributed by atoms with Crippen LogP contribution in [-0.4, -0.2) is 0 Å². The van der Waals surface area contributed by atoms with Crippen molar-refractivity contribution in [1.29, 1.82) is 0 Å². The van der Waals surface area contributed by atoms with Crippen LogP contribution < -0.4 is 9.80 Å². The topological polar surface area (TPSA) is 6.48 Å². The van der Waals surface area contributed by atoms with Crippen LogP contribution in [-0.2, 0) is 12.8 Å². The van der Waals surface area contributed by atoms with E-state index >= 15 is 0 Å². The summed E-state index contributed by atoms with van der Waals surface area (Å²) in [4.78, 5) is 4.75. The molecule has 0 saturated carbocycles. The van der Waals surface area contributed by atoms with Crippen molar-refractivity contribution in [2.45, 2.75) is 66.2 Å². The quantitative estimate of drug-likeness (QED) is 0.117. The maximum absolute atomic E-state index is 2.40. The van der Waals surface area contributed by atoms with Crippen LogP contribution in [0.2, 0.25) is 0 Å². The lowest BCUT2D eigenvalue weighted by molar-refractivity contribution is 0.866. The smallest absolute Gasteiger partial charge is 0.0540 e. The molecule has 0 spiro atoms. The van der Waals surface area contributed by atoms with Gasteiger partial charge in [-0.1, -0.05) is 145 Å². The molecule has 7 aromatic rings. The molecule has 0 aromatic heterocycles. The van der Waals surface area contributed by atoms with E-state index in [4.69, 9.17) is 0 Å². The number of fused-ring (bicyclic) bond motifs is 1. The Morgan fingerprint density at radius 3 is 1.26 bits per heavy atom. The predicted octanol–water partition coefficient (Wildman–Crippen LogP) is 15.3. The van der Waals surface area contributed by atoms with Gasteiger partial charge in [0.05, 0.1) is 5.69 Å². The second-order valence-corrected chi connectivity index (χ2v) is 14.8. The van der Waals surface area contributed by atoms with Crippen molar-refractivity contribution in [3.8, 4) is 0 Å². The number of hydrogen-bond donors (Lipinski definition) is 0. The summed E-state index contributed by atoms with van der Waals surface area (Å²) in [7, 11) is 0. The Labute approximate surface area is 323 Å². The van der Waals surface area contributed by atoms with E-state index in [9.17, 15) is 0 Å². The summed E-state index contributed by atoms with van der Waals surface area (Å²) in [5.74, 6) is 0.979. The van der Waals surface area contributed by atoms with Crippen molar-refractivity contribution in [3.63, 3.8) is 0 Å². The zero-order chi connectivity index (χ0) is 37.6. The Kier molecular flexibility index (Phi) is 11.1. The van der Waals surface area contributed by atoms with Gasteiger partial charge < -0.3 is 9.80 Å². The Bertz CT molecular complexity index is 2310. The van der Waals surface area contributed by atoms with E-state index in [-0.39, 0.29) is 0 Å². The van der Waals surface area contributed by atoms with Crippen LogP contribution in [0, 0.1) is 0 Å². The lowest BCUT2D eigenvalue weighted by atomic mass is 9.99. The first-order chi connectivity index (χ1) is 26.3. The Balaban J connectivity index is 1.22. The van der Waals surface area contributed by atoms with Crippen LogP contribution in [0.15, 0.2) is 158 Å². The molecule has 0 heterocycles. The van der Waals surface area contributed by atoms with E-state index in [2.05, 4.69) is 221 Å². The lowest BCUT2D eigenvalue weighted by Crippen LogP contribution is -2.11. The average Bonchev–Trinajstić information content (AvgIpc) is 3.22. The second kappa shape index (κ2) is 16.4. The maximum Gasteiger partial charge on any atom is 0.0540 e. The summed E-state index contributed by atoms with van der Waals surface area (Å²) in [5.41, 5.74) is 14.7. The molecule has 0 radical (unpaired) electrons. The molecular formula is C52H52N2. The molecular weight excluding hydrogens is 653 g/mol. The number of aryl methyl sites for hydroxylation is 2. The summed E-state index contributed by atoms with van der Waals surface area (Å²) in [6, 6.07) is 58.2. The van der Waals surface area contributed by atoms with E-state index in [1.165, 1.54) is 44.3 Å². The van der Waals surface area contributed by atoms with Crippen molar-refractivity contribution in [2.75, 3.05) is 9.80 Å². The van der Waals surface area contributed by atoms with E-state index in [1.807, 2.05) is 0 Å². The van der Waals surface area contributed by atoms with E-state index in [1.54, 1.807) is 0 Å². The van der Waals surface area contributed by atoms with Crippen LogP contribution in [0.3, 0.4) is 0 Å². The van der Waals surface area contributed by atoms with Crippen LogP contribution in [0.25, 0.3) is 22.9 Å². The Morgan fingerprint density at radius 2 is 0.815 bits per heavy atom. The SMILES string of the molecule is CCc1ccc(N(c2ccc(/C=C/c3ccc(N(c4ccc(CC)cc4)c4ccc(C(C)C)cc4)c4ccccc34)cc2)c2ccc(C(C)C)cc2)cc1. The van der Waals surface area contributed by atoms with Crippen molar-refractivity contribution in [1.82, 2.24) is 0 Å². The number of benzene rings is 7. The second-order valence-electron chi connectivity index (χ2n) is 14.8. The third-order valence-electron chi connectivity index (χ3n) is 10.6. The molecule has 0 unspecified atom stereocenters. The standard InChI is InChI=1S/C52H52N2/c1-7-39-14-26-45(27-15-39)53(47-32-21-42(22-33-47)37(3)4)46-30-18-41(19-31-46)13-20-44-25-36-52(51-12-10-9-11-50(44)51)54(48-28-16-40(8-2)17-29-48)49-34-23-43(24-35-49)38(5)6/h9-38H,7-8H2,1-6H3/b20-13+. The molecule has 0 aliphatic heterocycles. The third-order valence-corrected chi connectivity index (χ3v) is 10.6. The number of anilines is 6. The van der Waals surface area contributed by atoms with Gasteiger partial charge in [0, 0.05) is 33.8 Å². The average molecular weight is 705 g/mol. The summed E-state index contributed by atoms with van der Waals surface area (Å²) >= 11 is 0. The molecule has 0 aliphatic rings. The first-order valence-corrected chi connectivity index (χ1v) is 19.6. The summed E-state index contributed by atoms with van der Waals surface area (Å²) in [6.07, 6.45) is 6.53. The largest absolute Gasteiger partial charge is 0.311 e. The van der Waals surface area contributed by atoms with Gasteiger partial charge in [0.2, 0.25) is 0 Å². The third kappa shape index (κ3) is 7.89. The first-order valence-electron chi connectivity index (χ1n) is 19.6. The van der Waals surface area contributed by atoms with E-state index in [0.717, 1.165) is 46.8 Å². The maximum atomic E-state index is 2.40. The normalized spacial score (nSPS) is 11.6. The molecule has 7 rings (SSSR count). The van der Waals surface area contributed by atoms with Gasteiger partial charge in [0.25, 0.3) is 0 Å². The van der Waals surface area contributed by atoms with Crippen LogP contribution in [0.5, 0.6) is 0 Å². The van der Waals surface area contributed by atoms with Crippen LogP contribution in [0.1, 0.15) is 86.8 Å². The predicted molar refractivity (Wildman–Crippen MR) is 236 cm³/mol. The Morgan fingerprint density at radius 1 is 0.407 bits per heavy atom. The van der Waals surface area contributed by atoms with E-state index in [0.29, 0.717) is 11.8 Å². The Hall–Kier alpha value is -5.86. The first kappa shape index (κ1) is 36.5. The molecule has 54 heavy (non-hydrogen) atoms. The van der Waals surface area contributed by atoms with Crippen molar-refractivity contribution < 1.29 is 0 Å². The minimum absolute atomic E-state index is 0.485. The molecule has 0 fully saturated rings. The lowest BCUT2D eigenvalue weighted by Gasteiger charge is -2.28. The summed E-state index contributed by atoms with van der Waals surface area (Å²) < 4.78 is 0. The summed E-state index contributed by atoms with van der Waals surface area (Å²) in [5, 5.41) is 2.44. The highest BCUT2D eigenvalue weighted by molar-refractivity contribution is 6.03. The minimum atomic E-state index is 0.485. The van der Waals surface area contributed by atoms with Gasteiger partial charge in [0.15, 0.2) is 0 Å². The summed E-state index contributed by atoms with van der Waals surface area (Å²) in [6.45, 7) is 13.4. The minimum Gasteiger partial charge on any atom is -0.311 e. The van der Waals surface area contributed by atoms with Gasteiger partial charge in [-0.05, 0) is 130 Å². The van der Waals surface area contributed by atoms with Gasteiger partial charge in [-0.25, -0.2) is 0 Å². The van der Waals surface area contributed by atoms with Gasteiger partial charge in [-0.3, -0.25) is 0 Å². The number of hydrogen-bond acceptors (Lipinski definition) is 2. The number of rotatable bonds is 12. The highest BCUT2D eigenvalue weighted by Gasteiger charge is 2.17.